The van der Waals surface area contributed by atoms with Gasteiger partial charge in [0.05, 0.1) is 37.1 Å². The summed E-state index contributed by atoms with van der Waals surface area (Å²) in [6.45, 7) is 0. The number of hydrogen-bond donors (Lipinski definition) is 0. The molecule has 0 fully saturated rings. The second-order valence-corrected chi connectivity index (χ2v) is 20.5. The average Bonchev–Trinajstić information content (AvgIpc) is 3.39. The Labute approximate surface area is 425 Å². The molecule has 4 heteroatoms. The van der Waals surface area contributed by atoms with E-state index in [2.05, 4.69) is 182 Å². The third-order valence-electron chi connectivity index (χ3n) is 11.4. The van der Waals surface area contributed by atoms with Crippen LogP contribution in [0.2, 0.25) is 0 Å². The average molecular weight is 1070 g/mol. The summed E-state index contributed by atoms with van der Waals surface area (Å²) in [7, 11) is -1.57. The van der Waals surface area contributed by atoms with Gasteiger partial charge in [-0.3, -0.25) is 11.8 Å². The molecule has 0 aliphatic rings. The van der Waals surface area contributed by atoms with Gasteiger partial charge in [0.25, 0.3) is 0 Å². The van der Waals surface area contributed by atoms with Gasteiger partial charge < -0.3 is 12.8 Å². The molecule has 0 saturated heterocycles. The van der Waals surface area contributed by atoms with Gasteiger partial charge in [-0.1, -0.05) is 205 Å². The molecule has 0 atom stereocenters. The van der Waals surface area contributed by atoms with E-state index in [0.717, 1.165) is 21.9 Å². The van der Waals surface area contributed by atoms with E-state index in [9.17, 15) is 0 Å². The van der Waals surface area contributed by atoms with E-state index in [0.29, 0.717) is 0 Å². The van der Waals surface area contributed by atoms with Crippen LogP contribution in [0.4, 0.5) is 0 Å². The third kappa shape index (κ3) is 12.5. The Kier molecular flexibility index (Phi) is 19.4. The summed E-state index contributed by atoms with van der Waals surface area (Å²) in [5, 5.41) is 10.6. The molecule has 0 spiro atoms. The van der Waals surface area contributed by atoms with Crippen molar-refractivity contribution in [2.75, 3.05) is 12.3 Å². The fraction of sp³-hybridized carbons (Fsp3) is 0.0323. The molecule has 0 N–H and O–H groups in total. The van der Waals surface area contributed by atoms with Gasteiger partial charge in [-0.2, -0.15) is 0 Å². The molecule has 0 unspecified atom stereocenters. The van der Waals surface area contributed by atoms with Crippen LogP contribution >= 0.6 is 15.8 Å². The van der Waals surface area contributed by atoms with Crippen LogP contribution in [-0.4, -0.2) is 12.3 Å². The number of fused-ring (bicyclic) bond motifs is 2. The van der Waals surface area contributed by atoms with Crippen LogP contribution < -0.4 is 21.2 Å². The molecule has 0 aliphatic carbocycles. The molecule has 0 nitrogen and oxygen atoms in total. The SMILES string of the molecule is [Ag+].[Ag+].[C-]#Cc1ccc(-c2ccccc2)c2ccccc12.[C-]#Cc1ccc(-c2ccccc2)c2ccccc12.c1ccc([PH+](CC[PH+](c2ccccc2)c2ccccc2)c2ccccc2)cc1. The molecule has 0 amide bonds. The molecule has 0 aliphatic heterocycles. The molecule has 0 saturated carbocycles. The zero-order chi connectivity index (χ0) is 43.8. The fourth-order valence-electron chi connectivity index (χ4n) is 8.27. The van der Waals surface area contributed by atoms with Crippen LogP contribution in [0.1, 0.15) is 11.1 Å². The minimum Gasteiger partial charge on any atom is -0.366 e. The third-order valence-corrected chi connectivity index (χ3v) is 17.5. The smallest absolute Gasteiger partial charge is 0.366 e. The summed E-state index contributed by atoms with van der Waals surface area (Å²) in [4.78, 5) is 0. The van der Waals surface area contributed by atoms with Gasteiger partial charge in [-0.25, -0.2) is 0 Å². The number of hydrogen-bond acceptors (Lipinski definition) is 0. The molecule has 10 aromatic rings. The maximum Gasteiger partial charge on any atom is 1.00 e. The molecule has 0 heterocycles. The minimum absolute atomic E-state index is 0. The predicted octanol–water partition coefficient (Wildman–Crippen LogP) is 13.6. The maximum atomic E-state index is 7.35. The summed E-state index contributed by atoms with van der Waals surface area (Å²) < 4.78 is 0. The van der Waals surface area contributed by atoms with Crippen LogP contribution in [0.25, 0.3) is 43.8 Å². The topological polar surface area (TPSA) is 0 Å². The van der Waals surface area contributed by atoms with E-state index in [1.807, 2.05) is 84.9 Å². The van der Waals surface area contributed by atoms with Crippen molar-refractivity contribution in [2.24, 2.45) is 0 Å². The molecular weight excluding hydrogens is 1020 g/mol. The second-order valence-electron chi connectivity index (χ2n) is 15.3. The first-order chi connectivity index (χ1) is 31.7. The van der Waals surface area contributed by atoms with E-state index < -0.39 is 15.8 Å². The van der Waals surface area contributed by atoms with Gasteiger partial charge in [0.2, 0.25) is 0 Å². The zero-order valence-corrected chi connectivity index (χ0v) is 41.2. The Bertz CT molecular complexity index is 2820. The predicted molar refractivity (Wildman–Crippen MR) is 282 cm³/mol. The Hall–Kier alpha value is -5.82. The molecule has 10 aromatic carbocycles. The summed E-state index contributed by atoms with van der Waals surface area (Å²) in [5.74, 6) is 5.00. The van der Waals surface area contributed by atoms with Crippen LogP contribution in [0.3, 0.4) is 0 Å². The monoisotopic (exact) mass is 1070 g/mol. The summed E-state index contributed by atoms with van der Waals surface area (Å²) in [5.41, 5.74) is 6.47. The maximum absolute atomic E-state index is 7.35. The summed E-state index contributed by atoms with van der Waals surface area (Å²) in [6.07, 6.45) is 17.2. The van der Waals surface area contributed by atoms with Crippen LogP contribution in [0, 0.1) is 24.7 Å². The standard InChI is InChI=1S/C26H24P2.2C18H11.2Ag/c1-5-13-23(14-6-1)27(24-15-7-2-8-16-24)21-22-28(25-17-9-3-10-18-25)26-19-11-4-12-20-26;2*1-2-14-12-13-17(15-8-4-3-5-9-15)18-11-7-6-10-16(14)18;;/h1-20H,21-22H2;2*3-13H;;/q;2*-1;2*+1/p+2. The van der Waals surface area contributed by atoms with Gasteiger partial charge in [0, 0.05) is 0 Å². The molecule has 10 rings (SSSR count). The Morgan fingerprint density at radius 1 is 0.273 bits per heavy atom. The van der Waals surface area contributed by atoms with Crippen molar-refractivity contribution in [3.63, 3.8) is 0 Å². The molecular formula is C62H48Ag2P2+2. The molecule has 0 aromatic heterocycles. The van der Waals surface area contributed by atoms with Crippen molar-refractivity contribution in [1.29, 1.82) is 0 Å². The molecule has 0 radical (unpaired) electrons. The first-order valence-corrected chi connectivity index (χ1v) is 25.1. The van der Waals surface area contributed by atoms with E-state index in [1.165, 1.54) is 66.6 Å². The summed E-state index contributed by atoms with van der Waals surface area (Å²) in [6, 6.07) is 89.5. The quantitative estimate of drug-likeness (QED) is 0.0585. The van der Waals surface area contributed by atoms with Crippen molar-refractivity contribution in [3.8, 4) is 34.1 Å². The first-order valence-electron chi connectivity index (χ1n) is 21.6. The van der Waals surface area contributed by atoms with Gasteiger partial charge in [-0.15, -0.1) is 23.3 Å². The van der Waals surface area contributed by atoms with Crippen LogP contribution in [0.15, 0.2) is 255 Å². The van der Waals surface area contributed by atoms with E-state index >= 15 is 0 Å². The number of rotatable bonds is 9. The van der Waals surface area contributed by atoms with Crippen molar-refractivity contribution < 1.29 is 44.8 Å². The Balaban J connectivity index is 0.000000167. The molecule has 326 valence electrons. The van der Waals surface area contributed by atoms with Gasteiger partial charge >= 0.3 is 44.8 Å². The van der Waals surface area contributed by atoms with Gasteiger partial charge in [-0.05, 0) is 81.6 Å². The number of benzene rings is 10. The normalized spacial score (nSPS) is 10.2. The molecule has 66 heavy (non-hydrogen) atoms. The Morgan fingerprint density at radius 2 is 0.515 bits per heavy atom. The molecule has 0 bridgehead atoms. The summed E-state index contributed by atoms with van der Waals surface area (Å²) >= 11 is 0. The Morgan fingerprint density at radius 3 is 0.788 bits per heavy atom. The second kappa shape index (κ2) is 25.8. The van der Waals surface area contributed by atoms with Gasteiger partial charge in [0.15, 0.2) is 0 Å². The van der Waals surface area contributed by atoms with Gasteiger partial charge in [0.1, 0.15) is 12.3 Å². The largest absolute Gasteiger partial charge is 1.00 e. The van der Waals surface area contributed by atoms with Crippen molar-refractivity contribution >= 4 is 58.6 Å². The fourth-order valence-corrected chi connectivity index (χ4v) is 14.5. The minimum atomic E-state index is -0.783. The first kappa shape index (κ1) is 49.6. The van der Waals surface area contributed by atoms with Crippen molar-refractivity contribution in [2.45, 2.75) is 0 Å². The van der Waals surface area contributed by atoms with E-state index in [1.54, 1.807) is 0 Å². The van der Waals surface area contributed by atoms with Crippen LogP contribution in [-0.2, 0) is 44.8 Å². The van der Waals surface area contributed by atoms with Crippen molar-refractivity contribution in [1.82, 2.24) is 0 Å². The van der Waals surface area contributed by atoms with Crippen LogP contribution in [0.5, 0.6) is 0 Å². The van der Waals surface area contributed by atoms with E-state index in [-0.39, 0.29) is 44.8 Å². The van der Waals surface area contributed by atoms with E-state index in [4.69, 9.17) is 12.8 Å². The zero-order valence-electron chi connectivity index (χ0n) is 36.3. The van der Waals surface area contributed by atoms with Crippen molar-refractivity contribution in [3.05, 3.63) is 279 Å².